The molecule has 0 saturated carbocycles. The van der Waals surface area contributed by atoms with Gasteiger partial charge in [0, 0.05) is 22.9 Å². The lowest BCUT2D eigenvalue weighted by atomic mass is 9.87. The van der Waals surface area contributed by atoms with Crippen LogP contribution in [-0.2, 0) is 0 Å². The van der Waals surface area contributed by atoms with Crippen molar-refractivity contribution in [2.75, 3.05) is 0 Å². The smallest absolute Gasteiger partial charge is 0.170 e. The standard InChI is InChI=1S/C21H19NO2/c1-2-17(18-7-3-4-9-20(18)23)21(24)16-12-10-15(11-13-16)19-8-5-6-14-22-19/h3-14,17,23H,2H2,1H3. The third-order valence-electron chi connectivity index (χ3n) is 4.17. The summed E-state index contributed by atoms with van der Waals surface area (Å²) < 4.78 is 0. The topological polar surface area (TPSA) is 50.2 Å². The van der Waals surface area contributed by atoms with Crippen LogP contribution in [0.4, 0.5) is 0 Å². The van der Waals surface area contributed by atoms with Crippen LogP contribution in [0.5, 0.6) is 5.75 Å². The van der Waals surface area contributed by atoms with E-state index in [1.165, 1.54) is 0 Å². The number of carbonyl (C=O) groups is 1. The highest BCUT2D eigenvalue weighted by Gasteiger charge is 2.22. The third kappa shape index (κ3) is 3.20. The zero-order valence-electron chi connectivity index (χ0n) is 13.5. The number of phenols is 1. The highest BCUT2D eigenvalue weighted by Crippen LogP contribution is 2.31. The van der Waals surface area contributed by atoms with Crippen molar-refractivity contribution < 1.29 is 9.90 Å². The zero-order chi connectivity index (χ0) is 16.9. The number of Topliss-reactive ketones (excluding diaryl/α,β-unsaturated/α-hetero) is 1. The summed E-state index contributed by atoms with van der Waals surface area (Å²) in [7, 11) is 0. The number of hydrogen-bond donors (Lipinski definition) is 1. The summed E-state index contributed by atoms with van der Waals surface area (Å²) in [6.07, 6.45) is 2.39. The molecule has 0 aliphatic heterocycles. The SMILES string of the molecule is CCC(C(=O)c1ccc(-c2ccccn2)cc1)c1ccccc1O. The minimum atomic E-state index is -0.341. The average molecular weight is 317 g/mol. The molecule has 3 aromatic rings. The minimum Gasteiger partial charge on any atom is -0.508 e. The number of carbonyl (C=O) groups excluding carboxylic acids is 1. The number of aromatic hydroxyl groups is 1. The van der Waals surface area contributed by atoms with E-state index in [0.29, 0.717) is 17.5 Å². The van der Waals surface area contributed by atoms with Crippen molar-refractivity contribution in [3.63, 3.8) is 0 Å². The van der Waals surface area contributed by atoms with Crippen LogP contribution >= 0.6 is 0 Å². The number of rotatable bonds is 5. The first-order valence-corrected chi connectivity index (χ1v) is 8.04. The molecule has 1 heterocycles. The van der Waals surface area contributed by atoms with Crippen LogP contribution in [0.15, 0.2) is 72.9 Å². The van der Waals surface area contributed by atoms with Gasteiger partial charge in [-0.3, -0.25) is 9.78 Å². The Morgan fingerprint density at radius 2 is 1.71 bits per heavy atom. The molecule has 3 rings (SSSR count). The highest BCUT2D eigenvalue weighted by atomic mass is 16.3. The maximum atomic E-state index is 12.8. The van der Waals surface area contributed by atoms with Gasteiger partial charge >= 0.3 is 0 Å². The third-order valence-corrected chi connectivity index (χ3v) is 4.17. The van der Waals surface area contributed by atoms with Gasteiger partial charge in [0.15, 0.2) is 5.78 Å². The number of pyridine rings is 1. The quantitative estimate of drug-likeness (QED) is 0.686. The van der Waals surface area contributed by atoms with Crippen LogP contribution in [0.1, 0.15) is 35.2 Å². The van der Waals surface area contributed by atoms with Crippen molar-refractivity contribution in [1.29, 1.82) is 0 Å². The van der Waals surface area contributed by atoms with Gasteiger partial charge in [0.1, 0.15) is 5.75 Å². The number of aromatic nitrogens is 1. The second-order valence-electron chi connectivity index (χ2n) is 5.68. The maximum absolute atomic E-state index is 12.8. The van der Waals surface area contributed by atoms with Crippen LogP contribution in [0, 0.1) is 0 Å². The number of phenolic OH excluding ortho intramolecular Hbond substituents is 1. The molecule has 0 aliphatic carbocycles. The van der Waals surface area contributed by atoms with Gasteiger partial charge in [-0.1, -0.05) is 55.5 Å². The van der Waals surface area contributed by atoms with Gasteiger partial charge in [-0.25, -0.2) is 0 Å². The lowest BCUT2D eigenvalue weighted by Crippen LogP contribution is -2.12. The summed E-state index contributed by atoms with van der Waals surface area (Å²) in [5.74, 6) is -0.152. The Morgan fingerprint density at radius 3 is 2.33 bits per heavy atom. The van der Waals surface area contributed by atoms with E-state index in [2.05, 4.69) is 4.98 Å². The molecule has 1 N–H and O–H groups in total. The van der Waals surface area contributed by atoms with Crippen LogP contribution in [0.3, 0.4) is 0 Å². The first-order chi connectivity index (χ1) is 11.7. The molecule has 0 bridgehead atoms. The van der Waals surface area contributed by atoms with Crippen molar-refractivity contribution in [2.45, 2.75) is 19.3 Å². The molecule has 3 heteroatoms. The Bertz CT molecular complexity index is 826. The molecule has 0 radical (unpaired) electrons. The predicted molar refractivity (Wildman–Crippen MR) is 95.1 cm³/mol. The summed E-state index contributed by atoms with van der Waals surface area (Å²) in [5.41, 5.74) is 3.18. The molecule has 0 aliphatic rings. The fourth-order valence-electron chi connectivity index (χ4n) is 2.87. The maximum Gasteiger partial charge on any atom is 0.170 e. The number of benzene rings is 2. The van der Waals surface area contributed by atoms with E-state index in [-0.39, 0.29) is 17.5 Å². The normalized spacial score (nSPS) is 11.9. The van der Waals surface area contributed by atoms with E-state index in [0.717, 1.165) is 11.3 Å². The average Bonchev–Trinajstić information content (AvgIpc) is 2.64. The van der Waals surface area contributed by atoms with Gasteiger partial charge in [0.25, 0.3) is 0 Å². The number of para-hydroxylation sites is 1. The second kappa shape index (κ2) is 7.09. The van der Waals surface area contributed by atoms with E-state index in [4.69, 9.17) is 0 Å². The summed E-state index contributed by atoms with van der Waals surface area (Å²) in [6, 6.07) is 20.3. The summed E-state index contributed by atoms with van der Waals surface area (Å²) >= 11 is 0. The zero-order valence-corrected chi connectivity index (χ0v) is 13.5. The largest absolute Gasteiger partial charge is 0.508 e. The molecule has 120 valence electrons. The molecule has 0 spiro atoms. The Balaban J connectivity index is 1.88. The predicted octanol–water partition coefficient (Wildman–Crippen LogP) is 4.83. The molecule has 0 amide bonds. The van der Waals surface area contributed by atoms with Gasteiger partial charge in [0.2, 0.25) is 0 Å². The van der Waals surface area contributed by atoms with Gasteiger partial charge in [-0.2, -0.15) is 0 Å². The van der Waals surface area contributed by atoms with Gasteiger partial charge in [0.05, 0.1) is 11.6 Å². The van der Waals surface area contributed by atoms with Crippen molar-refractivity contribution >= 4 is 5.78 Å². The Hall–Kier alpha value is -2.94. The van der Waals surface area contributed by atoms with Crippen molar-refractivity contribution in [2.24, 2.45) is 0 Å². The van der Waals surface area contributed by atoms with E-state index in [1.807, 2.05) is 61.5 Å². The lowest BCUT2D eigenvalue weighted by molar-refractivity contribution is 0.0956. The first-order valence-electron chi connectivity index (χ1n) is 8.04. The van der Waals surface area contributed by atoms with E-state index in [1.54, 1.807) is 18.3 Å². The van der Waals surface area contributed by atoms with Crippen LogP contribution < -0.4 is 0 Å². The van der Waals surface area contributed by atoms with Crippen molar-refractivity contribution in [3.05, 3.63) is 84.1 Å². The molecule has 2 aromatic carbocycles. The molecule has 1 atom stereocenters. The number of hydrogen-bond acceptors (Lipinski definition) is 3. The first kappa shape index (κ1) is 15.9. The number of nitrogens with zero attached hydrogens (tertiary/aromatic N) is 1. The van der Waals surface area contributed by atoms with E-state index in [9.17, 15) is 9.90 Å². The monoisotopic (exact) mass is 317 g/mol. The van der Waals surface area contributed by atoms with Crippen molar-refractivity contribution in [1.82, 2.24) is 4.98 Å². The Labute approximate surface area is 141 Å². The molecular weight excluding hydrogens is 298 g/mol. The van der Waals surface area contributed by atoms with E-state index >= 15 is 0 Å². The molecule has 1 unspecified atom stereocenters. The molecule has 1 aromatic heterocycles. The summed E-state index contributed by atoms with van der Waals surface area (Å²) in [5, 5.41) is 10.0. The fraction of sp³-hybridized carbons (Fsp3) is 0.143. The van der Waals surface area contributed by atoms with Gasteiger partial charge in [-0.05, 0) is 24.6 Å². The fourth-order valence-corrected chi connectivity index (χ4v) is 2.87. The van der Waals surface area contributed by atoms with Crippen LogP contribution in [0.25, 0.3) is 11.3 Å². The Kier molecular flexibility index (Phi) is 4.71. The lowest BCUT2D eigenvalue weighted by Gasteiger charge is -2.16. The molecule has 3 nitrogen and oxygen atoms in total. The van der Waals surface area contributed by atoms with E-state index < -0.39 is 0 Å². The second-order valence-corrected chi connectivity index (χ2v) is 5.68. The highest BCUT2D eigenvalue weighted by molar-refractivity contribution is 6.01. The number of ketones is 1. The van der Waals surface area contributed by atoms with Crippen LogP contribution in [0.2, 0.25) is 0 Å². The molecule has 24 heavy (non-hydrogen) atoms. The Morgan fingerprint density at radius 1 is 1.00 bits per heavy atom. The minimum absolute atomic E-state index is 0.0200. The molecular formula is C21H19NO2. The van der Waals surface area contributed by atoms with Crippen molar-refractivity contribution in [3.8, 4) is 17.0 Å². The van der Waals surface area contributed by atoms with Crippen LogP contribution in [-0.4, -0.2) is 15.9 Å². The summed E-state index contributed by atoms with van der Waals surface area (Å²) in [4.78, 5) is 17.2. The molecule has 0 saturated heterocycles. The van der Waals surface area contributed by atoms with Gasteiger partial charge in [-0.15, -0.1) is 0 Å². The molecule has 0 fully saturated rings. The van der Waals surface area contributed by atoms with Gasteiger partial charge < -0.3 is 5.11 Å². The summed E-state index contributed by atoms with van der Waals surface area (Å²) in [6.45, 7) is 1.96.